The number of aliphatic hydroxyl groups is 1. The van der Waals surface area contributed by atoms with Crippen LogP contribution in [0.4, 0.5) is 0 Å². The van der Waals surface area contributed by atoms with Gasteiger partial charge in [-0.1, -0.05) is 76.0 Å². The molecule has 0 aromatic rings. The van der Waals surface area contributed by atoms with Crippen LogP contribution in [0.5, 0.6) is 0 Å². The van der Waals surface area contributed by atoms with Crippen LogP contribution in [0, 0.1) is 0 Å². The molecule has 0 spiro atoms. The van der Waals surface area contributed by atoms with Crippen molar-refractivity contribution in [1.82, 2.24) is 5.32 Å². The molecule has 0 heterocycles. The topological polar surface area (TPSA) is 105 Å². The summed E-state index contributed by atoms with van der Waals surface area (Å²) in [6, 6.07) is -0.859. The minimum atomic E-state index is -4.31. The second-order valence-electron chi connectivity index (χ2n) is 10.8. The standard InChI is InChI=1S/C29H55N2O6P/c1-6-8-10-11-12-13-14-15-16-17-18-19-20-21-22-28(32)27(30-29(33)23-9-7-2)26-37-38(34,35)36-25-24-31(3,4)5/h13-14,17-18,21-22,27-28,32H,6-12,15-16,19-20,23-26H2,1-5H3,(H-,30,33,34,35)/p+1/b14-13+,18-17+,22-21+. The molecule has 0 rings (SSSR count). The molecule has 0 radical (unpaired) electrons. The fourth-order valence-electron chi connectivity index (χ4n) is 3.40. The summed E-state index contributed by atoms with van der Waals surface area (Å²) in [5.74, 6) is -0.232. The van der Waals surface area contributed by atoms with E-state index in [1.54, 1.807) is 6.08 Å². The molecule has 0 bridgehead atoms. The van der Waals surface area contributed by atoms with Crippen molar-refractivity contribution in [2.24, 2.45) is 0 Å². The molecule has 0 aliphatic rings. The monoisotopic (exact) mass is 559 g/mol. The first-order chi connectivity index (χ1) is 18.0. The Morgan fingerprint density at radius 2 is 1.45 bits per heavy atom. The number of allylic oxidation sites excluding steroid dienone is 5. The van der Waals surface area contributed by atoms with Gasteiger partial charge in [-0.15, -0.1) is 0 Å². The Kier molecular flexibility index (Phi) is 21.8. The molecule has 0 aromatic carbocycles. The van der Waals surface area contributed by atoms with Crippen molar-refractivity contribution in [3.05, 3.63) is 36.5 Å². The zero-order chi connectivity index (χ0) is 28.7. The summed E-state index contributed by atoms with van der Waals surface area (Å²) in [6.07, 6.45) is 23.1. The predicted molar refractivity (Wildman–Crippen MR) is 157 cm³/mol. The van der Waals surface area contributed by atoms with Crippen LogP contribution >= 0.6 is 7.82 Å². The van der Waals surface area contributed by atoms with E-state index in [0.29, 0.717) is 17.4 Å². The summed E-state index contributed by atoms with van der Waals surface area (Å²) < 4.78 is 23.0. The Labute approximate surface area is 232 Å². The SMILES string of the molecule is CCCCCC/C=C/CC/C=C/CC/C=C/C(O)C(COP(=O)(O)OCC[N+](C)(C)C)NC(=O)CCCC. The molecular formula is C29H56N2O6P+. The lowest BCUT2D eigenvalue weighted by Gasteiger charge is -2.25. The van der Waals surface area contributed by atoms with E-state index in [9.17, 15) is 19.4 Å². The van der Waals surface area contributed by atoms with E-state index in [1.807, 2.05) is 34.1 Å². The van der Waals surface area contributed by atoms with Gasteiger partial charge in [-0.3, -0.25) is 13.8 Å². The van der Waals surface area contributed by atoms with E-state index in [2.05, 4.69) is 36.5 Å². The number of aliphatic hydroxyl groups excluding tert-OH is 1. The number of quaternary nitrogens is 1. The van der Waals surface area contributed by atoms with Crippen molar-refractivity contribution >= 4 is 13.7 Å². The summed E-state index contributed by atoms with van der Waals surface area (Å²) in [5, 5.41) is 13.4. The highest BCUT2D eigenvalue weighted by molar-refractivity contribution is 7.47. The molecule has 1 amide bonds. The first kappa shape index (κ1) is 36.7. The highest BCUT2D eigenvalue weighted by Crippen LogP contribution is 2.43. The Bertz CT molecular complexity index is 733. The van der Waals surface area contributed by atoms with E-state index in [0.717, 1.165) is 38.5 Å². The number of rotatable bonds is 24. The number of phosphoric ester groups is 1. The smallest absolute Gasteiger partial charge is 0.387 e. The van der Waals surface area contributed by atoms with Crippen LogP contribution in [0.25, 0.3) is 0 Å². The second kappa shape index (κ2) is 22.5. The molecule has 3 N–H and O–H groups in total. The molecule has 0 saturated heterocycles. The van der Waals surface area contributed by atoms with Crippen LogP contribution in [-0.4, -0.2) is 73.4 Å². The first-order valence-corrected chi connectivity index (χ1v) is 15.9. The molecule has 222 valence electrons. The van der Waals surface area contributed by atoms with Gasteiger partial charge in [0, 0.05) is 6.42 Å². The highest BCUT2D eigenvalue weighted by Gasteiger charge is 2.27. The number of phosphoric acid groups is 1. The molecule has 38 heavy (non-hydrogen) atoms. The van der Waals surface area contributed by atoms with Gasteiger partial charge < -0.3 is 19.8 Å². The quantitative estimate of drug-likeness (QED) is 0.0575. The zero-order valence-corrected chi connectivity index (χ0v) is 25.5. The summed E-state index contributed by atoms with van der Waals surface area (Å²) in [7, 11) is 1.53. The van der Waals surface area contributed by atoms with Gasteiger partial charge in [0.05, 0.1) is 39.9 Å². The number of unbranched alkanes of at least 4 members (excludes halogenated alkanes) is 7. The summed E-state index contributed by atoms with van der Waals surface area (Å²) in [4.78, 5) is 22.3. The maximum atomic E-state index is 12.3. The van der Waals surface area contributed by atoms with Gasteiger partial charge in [-0.2, -0.15) is 0 Å². The van der Waals surface area contributed by atoms with E-state index >= 15 is 0 Å². The van der Waals surface area contributed by atoms with Gasteiger partial charge in [0.25, 0.3) is 0 Å². The normalized spacial score (nSPS) is 15.9. The van der Waals surface area contributed by atoms with Crippen molar-refractivity contribution in [2.45, 2.75) is 103 Å². The number of hydrogen-bond donors (Lipinski definition) is 3. The molecule has 0 aliphatic carbocycles. The molecule has 0 aromatic heterocycles. The minimum Gasteiger partial charge on any atom is -0.387 e. The third-order valence-electron chi connectivity index (χ3n) is 5.84. The van der Waals surface area contributed by atoms with Crippen LogP contribution in [0.3, 0.4) is 0 Å². The van der Waals surface area contributed by atoms with E-state index in [1.165, 1.54) is 32.1 Å². The van der Waals surface area contributed by atoms with Crippen LogP contribution in [0.15, 0.2) is 36.5 Å². The van der Waals surface area contributed by atoms with Gasteiger partial charge in [0.2, 0.25) is 5.91 Å². The lowest BCUT2D eigenvalue weighted by molar-refractivity contribution is -0.870. The van der Waals surface area contributed by atoms with E-state index in [4.69, 9.17) is 9.05 Å². The maximum Gasteiger partial charge on any atom is 0.472 e. The average molecular weight is 560 g/mol. The number of nitrogens with zero attached hydrogens (tertiary/aromatic N) is 1. The first-order valence-electron chi connectivity index (χ1n) is 14.4. The molecule has 3 unspecified atom stereocenters. The zero-order valence-electron chi connectivity index (χ0n) is 24.6. The van der Waals surface area contributed by atoms with Crippen LogP contribution < -0.4 is 5.32 Å². The van der Waals surface area contributed by atoms with Crippen molar-refractivity contribution in [1.29, 1.82) is 0 Å². The molecule has 8 nitrogen and oxygen atoms in total. The van der Waals surface area contributed by atoms with Gasteiger partial charge >= 0.3 is 7.82 Å². The van der Waals surface area contributed by atoms with E-state index in [-0.39, 0.29) is 19.1 Å². The summed E-state index contributed by atoms with van der Waals surface area (Å²) in [5.41, 5.74) is 0. The lowest BCUT2D eigenvalue weighted by atomic mass is 10.1. The Balaban J connectivity index is 4.56. The molecule has 0 fully saturated rings. The number of likely N-dealkylation sites (N-methyl/N-ethyl adjacent to an activating group) is 1. The summed E-state index contributed by atoms with van der Waals surface area (Å²) in [6.45, 7) is 4.46. The van der Waals surface area contributed by atoms with Crippen molar-refractivity contribution in [2.75, 3.05) is 40.9 Å². The molecule has 9 heteroatoms. The molecule has 3 atom stereocenters. The summed E-state index contributed by atoms with van der Waals surface area (Å²) >= 11 is 0. The van der Waals surface area contributed by atoms with Crippen molar-refractivity contribution < 1.29 is 32.9 Å². The van der Waals surface area contributed by atoms with Gasteiger partial charge in [-0.05, 0) is 44.9 Å². The Morgan fingerprint density at radius 3 is 2.03 bits per heavy atom. The van der Waals surface area contributed by atoms with Gasteiger partial charge in [-0.25, -0.2) is 4.57 Å². The predicted octanol–water partition coefficient (Wildman–Crippen LogP) is 6.06. The molecular weight excluding hydrogens is 503 g/mol. The second-order valence-corrected chi connectivity index (χ2v) is 12.2. The van der Waals surface area contributed by atoms with Crippen molar-refractivity contribution in [3.63, 3.8) is 0 Å². The minimum absolute atomic E-state index is 0.0517. The third kappa shape index (κ3) is 23.8. The average Bonchev–Trinajstić information content (AvgIpc) is 2.84. The largest absolute Gasteiger partial charge is 0.472 e. The fraction of sp³-hybridized carbons (Fsp3) is 0.759. The van der Waals surface area contributed by atoms with Crippen LogP contribution in [0.2, 0.25) is 0 Å². The number of nitrogens with one attached hydrogen (secondary N) is 1. The number of carbonyl (C=O) groups is 1. The molecule has 0 aliphatic heterocycles. The third-order valence-corrected chi connectivity index (χ3v) is 6.82. The number of carbonyl (C=O) groups excluding carboxylic acids is 1. The van der Waals surface area contributed by atoms with Crippen molar-refractivity contribution in [3.8, 4) is 0 Å². The lowest BCUT2D eigenvalue weighted by Crippen LogP contribution is -2.45. The maximum absolute atomic E-state index is 12.3. The molecule has 0 saturated carbocycles. The van der Waals surface area contributed by atoms with Gasteiger partial charge in [0.1, 0.15) is 13.2 Å². The van der Waals surface area contributed by atoms with Crippen LogP contribution in [-0.2, 0) is 18.4 Å². The van der Waals surface area contributed by atoms with E-state index < -0.39 is 20.0 Å². The number of hydrogen-bond acceptors (Lipinski definition) is 5. The Hall–Kier alpha value is -1.28. The Morgan fingerprint density at radius 1 is 0.868 bits per heavy atom. The van der Waals surface area contributed by atoms with Crippen LogP contribution in [0.1, 0.15) is 90.9 Å². The number of amides is 1. The highest BCUT2D eigenvalue weighted by atomic mass is 31.2. The van der Waals surface area contributed by atoms with Gasteiger partial charge in [0.15, 0.2) is 0 Å². The fourth-order valence-corrected chi connectivity index (χ4v) is 4.13.